The Morgan fingerprint density at radius 1 is 1.38 bits per heavy atom. The minimum absolute atomic E-state index is 0. The number of aromatic nitrogens is 1. The maximum atomic E-state index is 10.0. The Labute approximate surface area is 155 Å². The maximum absolute atomic E-state index is 10.0. The molecule has 0 aliphatic carbocycles. The Kier molecular flexibility index (Phi) is 10.5. The average Bonchev–Trinajstić information content (AvgIpc) is 2.54. The summed E-state index contributed by atoms with van der Waals surface area (Å²) >= 11 is 0. The molecule has 5 nitrogen and oxygen atoms in total. The predicted octanol–water partition coefficient (Wildman–Crippen LogP) is 3.08. The fraction of sp³-hybridized carbons (Fsp3) is 0.222. The predicted molar refractivity (Wildman–Crippen MR) is 88.1 cm³/mol. The summed E-state index contributed by atoms with van der Waals surface area (Å²) in [5, 5.41) is 17.7. The molecule has 0 bridgehead atoms. The van der Waals surface area contributed by atoms with E-state index in [1.54, 1.807) is 25.4 Å². The van der Waals surface area contributed by atoms with E-state index in [9.17, 15) is 9.90 Å². The number of rotatable bonds is 4. The molecule has 1 aromatic carbocycles. The first-order valence-corrected chi connectivity index (χ1v) is 6.96. The van der Waals surface area contributed by atoms with Crippen molar-refractivity contribution in [3.05, 3.63) is 60.0 Å². The second-order valence-corrected chi connectivity index (χ2v) is 4.71. The molecular formula is C18H20IrNO4-. The molecule has 0 aliphatic rings. The largest absolute Gasteiger partial charge is 0.540 e. The zero-order valence-electron chi connectivity index (χ0n) is 13.7. The van der Waals surface area contributed by atoms with Gasteiger partial charge in [0.05, 0.1) is 12.9 Å². The van der Waals surface area contributed by atoms with Crippen LogP contribution in [0.2, 0.25) is 0 Å². The summed E-state index contributed by atoms with van der Waals surface area (Å²) < 4.78 is 5.08. The third-order valence-electron chi connectivity index (χ3n) is 2.74. The van der Waals surface area contributed by atoms with E-state index in [0.29, 0.717) is 5.75 Å². The quantitative estimate of drug-likeness (QED) is 0.379. The molecule has 131 valence electrons. The van der Waals surface area contributed by atoms with E-state index in [1.807, 2.05) is 18.2 Å². The summed E-state index contributed by atoms with van der Waals surface area (Å²) in [4.78, 5) is 14.2. The molecule has 6 heteroatoms. The first-order chi connectivity index (χ1) is 11.0. The molecule has 0 saturated carbocycles. The van der Waals surface area contributed by atoms with E-state index in [4.69, 9.17) is 9.84 Å². The number of carbonyl (C=O) groups excluding carboxylic acids is 1. The molecule has 0 spiro atoms. The van der Waals surface area contributed by atoms with E-state index < -0.39 is 0 Å². The van der Waals surface area contributed by atoms with Crippen molar-refractivity contribution in [3.63, 3.8) is 0 Å². The van der Waals surface area contributed by atoms with Crippen LogP contribution in [-0.2, 0) is 31.5 Å². The van der Waals surface area contributed by atoms with Gasteiger partial charge in [-0.1, -0.05) is 23.8 Å². The number of aliphatic hydroxyl groups excluding tert-OH is 2. The van der Waals surface area contributed by atoms with Crippen molar-refractivity contribution >= 4 is 5.78 Å². The van der Waals surface area contributed by atoms with E-state index in [1.165, 1.54) is 19.9 Å². The zero-order chi connectivity index (χ0) is 17.2. The number of nitrogens with zero attached hydrogens (tertiary/aromatic N) is 1. The van der Waals surface area contributed by atoms with Crippen LogP contribution in [0.15, 0.2) is 48.4 Å². The van der Waals surface area contributed by atoms with Crippen molar-refractivity contribution in [3.8, 4) is 17.0 Å². The summed E-state index contributed by atoms with van der Waals surface area (Å²) in [5.74, 6) is 0.622. The molecule has 24 heavy (non-hydrogen) atoms. The van der Waals surface area contributed by atoms with Gasteiger partial charge in [-0.25, -0.2) is 0 Å². The molecule has 2 aromatic rings. The topological polar surface area (TPSA) is 79.7 Å². The van der Waals surface area contributed by atoms with Crippen LogP contribution in [-0.4, -0.2) is 28.1 Å². The van der Waals surface area contributed by atoms with Crippen LogP contribution in [0, 0.1) is 6.07 Å². The number of pyridine rings is 1. The minimum atomic E-state index is -0.125. The Balaban J connectivity index is 0.000000570. The number of methoxy groups -OCH3 is 1. The minimum Gasteiger partial charge on any atom is -0.540 e. The van der Waals surface area contributed by atoms with Crippen LogP contribution in [0.4, 0.5) is 0 Å². The number of benzene rings is 1. The van der Waals surface area contributed by atoms with Gasteiger partial charge in [-0.3, -0.25) is 4.79 Å². The fourth-order valence-corrected chi connectivity index (χ4v) is 1.81. The van der Waals surface area contributed by atoms with Crippen molar-refractivity contribution in [2.45, 2.75) is 20.5 Å². The van der Waals surface area contributed by atoms with Crippen molar-refractivity contribution < 1.29 is 39.8 Å². The molecule has 0 aliphatic heterocycles. The molecule has 1 aromatic heterocycles. The van der Waals surface area contributed by atoms with Gasteiger partial charge in [0.2, 0.25) is 0 Å². The molecule has 0 saturated heterocycles. The Morgan fingerprint density at radius 3 is 2.50 bits per heavy atom. The Hall–Kier alpha value is -2.01. The summed E-state index contributed by atoms with van der Waals surface area (Å²) in [6, 6.07) is 12.3. The van der Waals surface area contributed by atoms with Gasteiger partial charge in [0, 0.05) is 44.7 Å². The van der Waals surface area contributed by atoms with Gasteiger partial charge >= 0.3 is 0 Å². The number of ketones is 1. The molecule has 0 unspecified atom stereocenters. The standard InChI is InChI=1S/C13H12NO2.C5H8O2.Ir/c1-16-11-5-6-12(10(8-11)9-15)13-4-2-3-7-14-13;1-4(6)3-5(2)7;/h2-5,7-8,15H,9H2,1H3;3,6H,1-2H3;/q-1;;/b;4-3-;. The first kappa shape index (κ1) is 22.0. The van der Waals surface area contributed by atoms with E-state index in [0.717, 1.165) is 16.8 Å². The van der Waals surface area contributed by atoms with Crippen molar-refractivity contribution in [1.29, 1.82) is 0 Å². The van der Waals surface area contributed by atoms with Gasteiger partial charge in [-0.2, -0.15) is 0 Å². The third-order valence-corrected chi connectivity index (χ3v) is 2.74. The molecular weight excluding hydrogens is 486 g/mol. The second-order valence-electron chi connectivity index (χ2n) is 4.71. The van der Waals surface area contributed by atoms with Crippen molar-refractivity contribution in [2.75, 3.05) is 7.11 Å². The number of ether oxygens (including phenoxy) is 1. The number of hydrogen-bond acceptors (Lipinski definition) is 5. The second kappa shape index (κ2) is 11.5. The van der Waals surface area contributed by atoms with Gasteiger partial charge in [-0.05, 0) is 25.6 Å². The monoisotopic (exact) mass is 507 g/mol. The van der Waals surface area contributed by atoms with Gasteiger partial charge < -0.3 is 19.9 Å². The molecule has 0 fully saturated rings. The summed E-state index contributed by atoms with van der Waals surface area (Å²) in [6.07, 6.45) is 2.88. The van der Waals surface area contributed by atoms with E-state index in [-0.39, 0.29) is 38.3 Å². The summed E-state index contributed by atoms with van der Waals surface area (Å²) in [6.45, 7) is 2.79. The smallest absolute Gasteiger partial charge is 0.155 e. The SMILES string of the molecule is CC(=O)/C=C(/C)O.COc1c[c-]c(-c2ccccn2)c(CO)c1.[Ir]. The molecule has 2 N–H and O–H groups in total. The number of hydrogen-bond donors (Lipinski definition) is 2. The number of aliphatic hydroxyl groups is 2. The summed E-state index contributed by atoms with van der Waals surface area (Å²) in [7, 11) is 1.59. The van der Waals surface area contributed by atoms with Gasteiger partial charge in [0.25, 0.3) is 0 Å². The van der Waals surface area contributed by atoms with Crippen LogP contribution >= 0.6 is 0 Å². The van der Waals surface area contributed by atoms with Gasteiger partial charge in [0.1, 0.15) is 0 Å². The fourth-order valence-electron chi connectivity index (χ4n) is 1.81. The molecule has 0 atom stereocenters. The van der Waals surface area contributed by atoms with Crippen molar-refractivity contribution in [1.82, 2.24) is 4.98 Å². The Morgan fingerprint density at radius 2 is 2.08 bits per heavy atom. The molecule has 0 amide bonds. The van der Waals surface area contributed by atoms with Crippen LogP contribution in [0.1, 0.15) is 19.4 Å². The summed E-state index contributed by atoms with van der Waals surface area (Å²) in [5.41, 5.74) is 2.37. The van der Waals surface area contributed by atoms with E-state index in [2.05, 4.69) is 11.1 Å². The van der Waals surface area contributed by atoms with Crippen molar-refractivity contribution in [2.24, 2.45) is 0 Å². The molecule has 2 rings (SSSR count). The normalized spacial score (nSPS) is 10.1. The first-order valence-electron chi connectivity index (χ1n) is 6.96. The van der Waals surface area contributed by atoms with E-state index >= 15 is 0 Å². The third kappa shape index (κ3) is 7.51. The van der Waals surface area contributed by atoms with Crippen LogP contribution < -0.4 is 4.74 Å². The zero-order valence-corrected chi connectivity index (χ0v) is 16.1. The van der Waals surface area contributed by atoms with Gasteiger partial charge in [0.15, 0.2) is 5.78 Å². The van der Waals surface area contributed by atoms with Crippen LogP contribution in [0.3, 0.4) is 0 Å². The van der Waals surface area contributed by atoms with Crippen LogP contribution in [0.5, 0.6) is 5.75 Å². The number of allylic oxidation sites excluding steroid dienone is 2. The van der Waals surface area contributed by atoms with Gasteiger partial charge in [-0.15, -0.1) is 17.7 Å². The average molecular weight is 507 g/mol. The van der Waals surface area contributed by atoms with Crippen LogP contribution in [0.25, 0.3) is 11.3 Å². The molecule has 1 heterocycles. The molecule has 1 radical (unpaired) electrons. The maximum Gasteiger partial charge on any atom is 0.155 e. The number of carbonyl (C=O) groups is 1. The Bertz CT molecular complexity index is 668.